The molecule has 2 aliphatic heterocycles. The van der Waals surface area contributed by atoms with E-state index in [9.17, 15) is 9.59 Å². The van der Waals surface area contributed by atoms with Crippen LogP contribution in [0.1, 0.15) is 51.5 Å². The standard InChI is InChI=1S/C28H34O7/c1-6-19(14-20-15-21(31-4)10-12-23(20)32-5)27(30)33-16-18-8-7-13-28(3)25(35-28)24-22(11-9-18)17(2)26(29)34-24/h8,10,12,14-15,22,24-25H,2,6-7,9,11,13,16H2,1,3-5H3/b18-8+,19-14+/t22-,24-,25-,28+/m0/s1. The number of hydrogen-bond acceptors (Lipinski definition) is 7. The van der Waals surface area contributed by atoms with Crippen molar-refractivity contribution < 1.29 is 33.3 Å². The van der Waals surface area contributed by atoms with Crippen LogP contribution in [0, 0.1) is 5.92 Å². The lowest BCUT2D eigenvalue weighted by Gasteiger charge is -2.20. The summed E-state index contributed by atoms with van der Waals surface area (Å²) in [6.45, 7) is 8.13. The molecule has 1 aromatic carbocycles. The Hall–Kier alpha value is -3.06. The van der Waals surface area contributed by atoms with Crippen LogP contribution in [-0.4, -0.2) is 50.6 Å². The number of carbonyl (C=O) groups is 2. The molecule has 188 valence electrons. The Bertz CT molecular complexity index is 1070. The van der Waals surface area contributed by atoms with Crippen LogP contribution in [0.5, 0.6) is 11.5 Å². The number of ether oxygens (including phenoxy) is 5. The molecule has 2 saturated heterocycles. The molecule has 4 atom stereocenters. The second kappa shape index (κ2) is 10.3. The number of esters is 2. The van der Waals surface area contributed by atoms with Gasteiger partial charge < -0.3 is 23.7 Å². The smallest absolute Gasteiger partial charge is 0.334 e. The lowest BCUT2D eigenvalue weighted by Crippen LogP contribution is -2.29. The monoisotopic (exact) mass is 482 g/mol. The Labute approximate surface area is 206 Å². The van der Waals surface area contributed by atoms with Gasteiger partial charge in [-0.05, 0) is 68.9 Å². The molecule has 0 spiro atoms. The normalized spacial score (nSPS) is 29.8. The SMILES string of the molecule is C=C1C(=O)O[C@H]2[C@H]1CC/C(COC(=O)/C(=C/c1cc(OC)ccc1OC)CC)=C\CC[C@@]1(C)O[C@@H]21. The summed E-state index contributed by atoms with van der Waals surface area (Å²) in [5, 5.41) is 0. The van der Waals surface area contributed by atoms with Gasteiger partial charge in [-0.15, -0.1) is 0 Å². The average Bonchev–Trinajstić information content (AvgIpc) is 3.45. The molecular weight excluding hydrogens is 448 g/mol. The number of allylic oxidation sites excluding steroid dienone is 1. The molecule has 0 bridgehead atoms. The number of epoxide rings is 1. The van der Waals surface area contributed by atoms with Crippen molar-refractivity contribution in [3.8, 4) is 11.5 Å². The number of carbonyl (C=O) groups excluding carboxylic acids is 2. The third kappa shape index (κ3) is 5.30. The first-order chi connectivity index (χ1) is 16.8. The average molecular weight is 483 g/mol. The van der Waals surface area contributed by atoms with Crippen LogP contribution < -0.4 is 9.47 Å². The highest BCUT2D eigenvalue weighted by atomic mass is 16.6. The van der Waals surface area contributed by atoms with Gasteiger partial charge in [0.15, 0.2) is 0 Å². The van der Waals surface area contributed by atoms with E-state index in [-0.39, 0.29) is 42.3 Å². The Balaban J connectivity index is 1.45. The molecule has 35 heavy (non-hydrogen) atoms. The lowest BCUT2D eigenvalue weighted by atomic mass is 9.84. The first kappa shape index (κ1) is 25.0. The molecule has 2 heterocycles. The van der Waals surface area contributed by atoms with Gasteiger partial charge in [-0.1, -0.05) is 19.6 Å². The van der Waals surface area contributed by atoms with Gasteiger partial charge in [-0.3, -0.25) is 0 Å². The predicted octanol–water partition coefficient (Wildman–Crippen LogP) is 4.80. The Morgan fingerprint density at radius 1 is 1.29 bits per heavy atom. The van der Waals surface area contributed by atoms with E-state index in [1.165, 1.54) is 0 Å². The highest BCUT2D eigenvalue weighted by molar-refractivity contribution is 5.94. The van der Waals surface area contributed by atoms with Crippen LogP contribution in [0.15, 0.2) is 47.6 Å². The summed E-state index contributed by atoms with van der Waals surface area (Å²) in [6, 6.07) is 5.44. The molecule has 0 N–H and O–H groups in total. The van der Waals surface area contributed by atoms with Gasteiger partial charge in [-0.25, -0.2) is 9.59 Å². The minimum atomic E-state index is -0.366. The van der Waals surface area contributed by atoms with E-state index >= 15 is 0 Å². The third-order valence-corrected chi connectivity index (χ3v) is 7.24. The summed E-state index contributed by atoms with van der Waals surface area (Å²) in [4.78, 5) is 25.1. The van der Waals surface area contributed by atoms with Crippen molar-refractivity contribution in [2.75, 3.05) is 20.8 Å². The zero-order valence-electron chi connectivity index (χ0n) is 20.9. The van der Waals surface area contributed by atoms with Crippen LogP contribution in [0.25, 0.3) is 6.08 Å². The highest BCUT2D eigenvalue weighted by Gasteiger charge is 2.61. The van der Waals surface area contributed by atoms with E-state index in [1.807, 2.05) is 19.1 Å². The van der Waals surface area contributed by atoms with E-state index in [0.29, 0.717) is 41.9 Å². The molecule has 0 radical (unpaired) electrons. The quantitative estimate of drug-likeness (QED) is 0.239. The van der Waals surface area contributed by atoms with E-state index in [0.717, 1.165) is 24.0 Å². The fraction of sp³-hybridized carbons (Fsp3) is 0.500. The van der Waals surface area contributed by atoms with E-state index in [4.69, 9.17) is 23.7 Å². The van der Waals surface area contributed by atoms with Crippen LogP contribution >= 0.6 is 0 Å². The van der Waals surface area contributed by atoms with Crippen molar-refractivity contribution in [3.63, 3.8) is 0 Å². The zero-order chi connectivity index (χ0) is 25.2. The first-order valence-corrected chi connectivity index (χ1v) is 12.1. The van der Waals surface area contributed by atoms with Crippen LogP contribution in [-0.2, 0) is 23.8 Å². The molecule has 1 aliphatic carbocycles. The van der Waals surface area contributed by atoms with Gasteiger partial charge >= 0.3 is 11.9 Å². The second-order valence-electron chi connectivity index (χ2n) is 9.50. The molecule has 0 amide bonds. The number of fused-ring (bicyclic) bond motifs is 3. The summed E-state index contributed by atoms with van der Waals surface area (Å²) in [7, 11) is 3.19. The molecule has 3 aliphatic rings. The van der Waals surface area contributed by atoms with Crippen LogP contribution in [0.2, 0.25) is 0 Å². The number of benzene rings is 1. The second-order valence-corrected chi connectivity index (χ2v) is 9.50. The topological polar surface area (TPSA) is 83.6 Å². The van der Waals surface area contributed by atoms with Gasteiger partial charge in [0.25, 0.3) is 0 Å². The maximum absolute atomic E-state index is 13.0. The maximum Gasteiger partial charge on any atom is 0.334 e. The molecule has 1 aromatic rings. The number of methoxy groups -OCH3 is 2. The molecule has 0 saturated carbocycles. The predicted molar refractivity (Wildman–Crippen MR) is 131 cm³/mol. The Morgan fingerprint density at radius 3 is 2.80 bits per heavy atom. The summed E-state index contributed by atoms with van der Waals surface area (Å²) in [6.07, 6.45) is 7.10. The fourth-order valence-corrected chi connectivity index (χ4v) is 4.95. The van der Waals surface area contributed by atoms with Crippen molar-refractivity contribution in [1.82, 2.24) is 0 Å². The molecule has 4 rings (SSSR count). The molecule has 0 aromatic heterocycles. The van der Waals surface area contributed by atoms with Gasteiger partial charge in [0.1, 0.15) is 30.3 Å². The highest BCUT2D eigenvalue weighted by Crippen LogP contribution is 2.49. The van der Waals surface area contributed by atoms with E-state index < -0.39 is 0 Å². The zero-order valence-corrected chi connectivity index (χ0v) is 20.9. The largest absolute Gasteiger partial charge is 0.497 e. The van der Waals surface area contributed by atoms with Crippen molar-refractivity contribution in [3.05, 3.63) is 53.1 Å². The summed E-state index contributed by atoms with van der Waals surface area (Å²) >= 11 is 0. The van der Waals surface area contributed by atoms with Crippen LogP contribution in [0.4, 0.5) is 0 Å². The third-order valence-electron chi connectivity index (χ3n) is 7.24. The molecular formula is C28H34O7. The van der Waals surface area contributed by atoms with Gasteiger partial charge in [0.2, 0.25) is 0 Å². The van der Waals surface area contributed by atoms with Crippen LogP contribution in [0.3, 0.4) is 0 Å². The van der Waals surface area contributed by atoms with Gasteiger partial charge in [0.05, 0.1) is 19.8 Å². The van der Waals surface area contributed by atoms with Crippen molar-refractivity contribution >= 4 is 18.0 Å². The van der Waals surface area contributed by atoms with Crippen molar-refractivity contribution in [2.24, 2.45) is 5.92 Å². The molecule has 2 fully saturated rings. The molecule has 7 heteroatoms. The van der Waals surface area contributed by atoms with E-state index in [2.05, 4.69) is 19.6 Å². The maximum atomic E-state index is 13.0. The summed E-state index contributed by atoms with van der Waals surface area (Å²) in [5.41, 5.74) is 2.54. The molecule has 0 unspecified atom stereocenters. The fourth-order valence-electron chi connectivity index (χ4n) is 4.95. The minimum absolute atomic E-state index is 0.0747. The van der Waals surface area contributed by atoms with Crippen molar-refractivity contribution in [2.45, 2.75) is 63.8 Å². The molecule has 7 nitrogen and oxygen atoms in total. The summed E-state index contributed by atoms with van der Waals surface area (Å²) < 4.78 is 28.0. The Kier molecular flexibility index (Phi) is 7.36. The minimum Gasteiger partial charge on any atom is -0.497 e. The lowest BCUT2D eigenvalue weighted by molar-refractivity contribution is -0.140. The number of hydrogen-bond donors (Lipinski definition) is 0. The Morgan fingerprint density at radius 2 is 2.09 bits per heavy atom. The van der Waals surface area contributed by atoms with Crippen molar-refractivity contribution in [1.29, 1.82) is 0 Å². The first-order valence-electron chi connectivity index (χ1n) is 12.1. The van der Waals surface area contributed by atoms with Gasteiger partial charge in [0, 0.05) is 22.6 Å². The van der Waals surface area contributed by atoms with E-state index in [1.54, 1.807) is 26.4 Å². The van der Waals surface area contributed by atoms with Gasteiger partial charge in [-0.2, -0.15) is 0 Å². The number of rotatable bonds is 7. The summed E-state index contributed by atoms with van der Waals surface area (Å²) in [5.74, 6) is 0.543.